The number of nitro benzene ring substituents is 1. The molecule has 17 heavy (non-hydrogen) atoms. The number of hydrogen-bond donors (Lipinski definition) is 2. The molecule has 1 aromatic carbocycles. The molecular formula is C11H15N3O3. The standard InChI is InChI=1S/C11H15N3O3/c1-7-5-10(14(16)17)8(2)4-9(7)13-11(15)6-12-3/h4-5,12H,6H2,1-3H3,(H,13,15). The van der Waals surface area contributed by atoms with E-state index in [1.54, 1.807) is 27.0 Å². The number of rotatable bonds is 4. The first kappa shape index (κ1) is 13.1. The molecule has 1 aromatic rings. The van der Waals surface area contributed by atoms with Crippen LogP contribution in [0.3, 0.4) is 0 Å². The van der Waals surface area contributed by atoms with E-state index in [1.165, 1.54) is 6.07 Å². The molecule has 0 heterocycles. The maximum atomic E-state index is 11.4. The fraction of sp³-hybridized carbons (Fsp3) is 0.364. The van der Waals surface area contributed by atoms with E-state index in [9.17, 15) is 14.9 Å². The molecule has 0 unspecified atom stereocenters. The summed E-state index contributed by atoms with van der Waals surface area (Å²) in [4.78, 5) is 21.7. The lowest BCUT2D eigenvalue weighted by Gasteiger charge is -2.09. The van der Waals surface area contributed by atoms with Gasteiger partial charge in [-0.25, -0.2) is 0 Å². The van der Waals surface area contributed by atoms with Gasteiger partial charge in [-0.05, 0) is 32.5 Å². The van der Waals surface area contributed by atoms with E-state index in [4.69, 9.17) is 0 Å². The van der Waals surface area contributed by atoms with Crippen molar-refractivity contribution >= 4 is 17.3 Å². The summed E-state index contributed by atoms with van der Waals surface area (Å²) in [7, 11) is 1.67. The summed E-state index contributed by atoms with van der Waals surface area (Å²) in [6, 6.07) is 3.07. The first-order chi connectivity index (χ1) is 7.95. The van der Waals surface area contributed by atoms with Crippen LogP contribution < -0.4 is 10.6 Å². The van der Waals surface area contributed by atoms with Crippen molar-refractivity contribution in [1.82, 2.24) is 5.32 Å². The second kappa shape index (κ2) is 5.40. The van der Waals surface area contributed by atoms with E-state index in [2.05, 4.69) is 10.6 Å². The molecule has 0 saturated heterocycles. The molecule has 0 spiro atoms. The maximum absolute atomic E-state index is 11.4. The molecule has 6 heteroatoms. The third-order valence-electron chi connectivity index (χ3n) is 2.35. The fourth-order valence-corrected chi connectivity index (χ4v) is 1.49. The van der Waals surface area contributed by atoms with Gasteiger partial charge in [-0.1, -0.05) is 0 Å². The van der Waals surface area contributed by atoms with Gasteiger partial charge in [-0.2, -0.15) is 0 Å². The Kier molecular flexibility index (Phi) is 4.17. The molecule has 0 bridgehead atoms. The Morgan fingerprint density at radius 3 is 2.53 bits per heavy atom. The zero-order chi connectivity index (χ0) is 13.0. The van der Waals surface area contributed by atoms with Gasteiger partial charge in [0.25, 0.3) is 5.69 Å². The van der Waals surface area contributed by atoms with Gasteiger partial charge in [0.1, 0.15) is 0 Å². The Labute approximate surface area is 99.2 Å². The lowest BCUT2D eigenvalue weighted by Crippen LogP contribution is -2.25. The SMILES string of the molecule is CNCC(=O)Nc1cc(C)c([N+](=O)[O-])cc1C. The predicted molar refractivity (Wildman–Crippen MR) is 65.1 cm³/mol. The number of likely N-dealkylation sites (N-methyl/N-ethyl adjacent to an activating group) is 1. The number of carbonyl (C=O) groups excluding carboxylic acids is 1. The van der Waals surface area contributed by atoms with Crippen LogP contribution in [0.4, 0.5) is 11.4 Å². The topological polar surface area (TPSA) is 84.3 Å². The van der Waals surface area contributed by atoms with E-state index >= 15 is 0 Å². The Hall–Kier alpha value is -1.95. The summed E-state index contributed by atoms with van der Waals surface area (Å²) in [6.07, 6.45) is 0. The molecule has 0 atom stereocenters. The summed E-state index contributed by atoms with van der Waals surface area (Å²) >= 11 is 0. The molecule has 0 aliphatic heterocycles. The molecule has 92 valence electrons. The van der Waals surface area contributed by atoms with Crippen LogP contribution in [0.2, 0.25) is 0 Å². The monoisotopic (exact) mass is 237 g/mol. The van der Waals surface area contributed by atoms with Crippen molar-refractivity contribution in [1.29, 1.82) is 0 Å². The number of anilines is 1. The number of nitro groups is 1. The average molecular weight is 237 g/mol. The lowest BCUT2D eigenvalue weighted by molar-refractivity contribution is -0.385. The Bertz CT molecular complexity index is 458. The van der Waals surface area contributed by atoms with Crippen molar-refractivity contribution in [3.05, 3.63) is 33.4 Å². The minimum atomic E-state index is -0.429. The van der Waals surface area contributed by atoms with Crippen molar-refractivity contribution < 1.29 is 9.72 Å². The number of nitrogens with one attached hydrogen (secondary N) is 2. The molecule has 0 aliphatic carbocycles. The maximum Gasteiger partial charge on any atom is 0.272 e. The summed E-state index contributed by atoms with van der Waals surface area (Å²) in [5.41, 5.74) is 1.87. The van der Waals surface area contributed by atoms with Crippen molar-refractivity contribution in [2.45, 2.75) is 13.8 Å². The van der Waals surface area contributed by atoms with Crippen LogP contribution >= 0.6 is 0 Å². The highest BCUT2D eigenvalue weighted by Crippen LogP contribution is 2.25. The van der Waals surface area contributed by atoms with Crippen molar-refractivity contribution in [2.75, 3.05) is 18.9 Å². The van der Waals surface area contributed by atoms with Crippen LogP contribution in [0, 0.1) is 24.0 Å². The quantitative estimate of drug-likeness (QED) is 0.612. The highest BCUT2D eigenvalue weighted by atomic mass is 16.6. The predicted octanol–water partition coefficient (Wildman–Crippen LogP) is 1.37. The summed E-state index contributed by atoms with van der Waals surface area (Å²) in [6.45, 7) is 3.57. The number of nitrogens with zero attached hydrogens (tertiary/aromatic N) is 1. The van der Waals surface area contributed by atoms with Crippen molar-refractivity contribution in [2.24, 2.45) is 0 Å². The lowest BCUT2D eigenvalue weighted by atomic mass is 10.1. The van der Waals surface area contributed by atoms with Gasteiger partial charge in [-0.3, -0.25) is 14.9 Å². The number of benzene rings is 1. The first-order valence-corrected chi connectivity index (χ1v) is 5.15. The highest BCUT2D eigenvalue weighted by molar-refractivity contribution is 5.93. The van der Waals surface area contributed by atoms with Crippen LogP contribution in [0.1, 0.15) is 11.1 Å². The largest absolute Gasteiger partial charge is 0.325 e. The molecule has 6 nitrogen and oxygen atoms in total. The molecule has 0 radical (unpaired) electrons. The van der Waals surface area contributed by atoms with Crippen LogP contribution in [0.25, 0.3) is 0 Å². The van der Waals surface area contributed by atoms with Crippen LogP contribution in [0.5, 0.6) is 0 Å². The van der Waals surface area contributed by atoms with Gasteiger partial charge in [0.2, 0.25) is 5.91 Å². The second-order valence-corrected chi connectivity index (χ2v) is 3.79. The van der Waals surface area contributed by atoms with Crippen LogP contribution in [-0.2, 0) is 4.79 Å². The van der Waals surface area contributed by atoms with E-state index in [-0.39, 0.29) is 18.1 Å². The molecule has 1 rings (SSSR count). The number of hydrogen-bond acceptors (Lipinski definition) is 4. The Balaban J connectivity index is 2.99. The third-order valence-corrected chi connectivity index (χ3v) is 2.35. The van der Waals surface area contributed by atoms with E-state index < -0.39 is 4.92 Å². The van der Waals surface area contributed by atoms with Crippen LogP contribution in [0.15, 0.2) is 12.1 Å². The Morgan fingerprint density at radius 2 is 2.00 bits per heavy atom. The van der Waals surface area contributed by atoms with Crippen molar-refractivity contribution in [3.8, 4) is 0 Å². The highest BCUT2D eigenvalue weighted by Gasteiger charge is 2.14. The zero-order valence-electron chi connectivity index (χ0n) is 10.0. The van der Waals surface area contributed by atoms with E-state index in [0.29, 0.717) is 16.8 Å². The minimum absolute atomic E-state index is 0.0640. The minimum Gasteiger partial charge on any atom is -0.325 e. The molecule has 0 fully saturated rings. The molecule has 0 aliphatic rings. The fourth-order valence-electron chi connectivity index (χ4n) is 1.49. The molecule has 2 N–H and O–H groups in total. The summed E-state index contributed by atoms with van der Waals surface area (Å²) < 4.78 is 0. The third kappa shape index (κ3) is 3.25. The molecule has 0 aromatic heterocycles. The van der Waals surface area contributed by atoms with Gasteiger partial charge < -0.3 is 10.6 Å². The van der Waals surface area contributed by atoms with Gasteiger partial charge in [-0.15, -0.1) is 0 Å². The van der Waals surface area contributed by atoms with Gasteiger partial charge >= 0.3 is 0 Å². The van der Waals surface area contributed by atoms with Crippen molar-refractivity contribution in [3.63, 3.8) is 0 Å². The Morgan fingerprint density at radius 1 is 1.35 bits per heavy atom. The van der Waals surface area contributed by atoms with Gasteiger partial charge in [0.05, 0.1) is 11.5 Å². The first-order valence-electron chi connectivity index (χ1n) is 5.15. The molecule has 0 saturated carbocycles. The summed E-state index contributed by atoms with van der Waals surface area (Å²) in [5, 5.41) is 16.1. The molecule has 1 amide bonds. The zero-order valence-corrected chi connectivity index (χ0v) is 10.0. The van der Waals surface area contributed by atoms with Gasteiger partial charge in [0, 0.05) is 17.3 Å². The summed E-state index contributed by atoms with van der Waals surface area (Å²) in [5.74, 6) is -0.177. The molecular weight excluding hydrogens is 222 g/mol. The smallest absolute Gasteiger partial charge is 0.272 e. The number of aryl methyl sites for hydroxylation is 2. The van der Waals surface area contributed by atoms with Gasteiger partial charge in [0.15, 0.2) is 0 Å². The van der Waals surface area contributed by atoms with Crippen LogP contribution in [-0.4, -0.2) is 24.4 Å². The van der Waals surface area contributed by atoms with E-state index in [0.717, 1.165) is 0 Å². The van der Waals surface area contributed by atoms with E-state index in [1.807, 2.05) is 0 Å². The number of carbonyl (C=O) groups is 1. The number of amides is 1. The average Bonchev–Trinajstić information content (AvgIpc) is 2.22. The normalized spacial score (nSPS) is 10.1. The second-order valence-electron chi connectivity index (χ2n) is 3.79.